The first-order valence-electron chi connectivity index (χ1n) is 20.2. The first-order valence-corrected chi connectivity index (χ1v) is 20.2. The number of phenols is 1. The molecule has 0 radical (unpaired) electrons. The van der Waals surface area contributed by atoms with Gasteiger partial charge in [0.25, 0.3) is 0 Å². The van der Waals surface area contributed by atoms with Gasteiger partial charge in [0.2, 0.25) is 41.4 Å². The van der Waals surface area contributed by atoms with E-state index in [1.807, 2.05) is 32.0 Å². The van der Waals surface area contributed by atoms with E-state index in [0.717, 1.165) is 10.9 Å². The fourth-order valence-corrected chi connectivity index (χ4v) is 6.93. The predicted molar refractivity (Wildman–Crippen MR) is 223 cm³/mol. The van der Waals surface area contributed by atoms with Crippen LogP contribution >= 0.6 is 0 Å². The Bertz CT molecular complexity index is 2210. The molecule has 62 heavy (non-hydrogen) atoms. The molecular formula is C42H52N10O10. The van der Waals surface area contributed by atoms with Crippen LogP contribution in [0.5, 0.6) is 5.75 Å². The van der Waals surface area contributed by atoms with Gasteiger partial charge in [0.15, 0.2) is 0 Å². The quantitative estimate of drug-likeness (QED) is 0.0412. The van der Waals surface area contributed by atoms with Crippen LogP contribution in [0.4, 0.5) is 0 Å². The molecule has 330 valence electrons. The molecule has 3 heterocycles. The zero-order valence-electron chi connectivity index (χ0n) is 34.2. The Morgan fingerprint density at radius 2 is 1.48 bits per heavy atom. The van der Waals surface area contributed by atoms with Gasteiger partial charge < -0.3 is 62.2 Å². The van der Waals surface area contributed by atoms with Crippen LogP contribution in [0.3, 0.4) is 0 Å². The second-order valence-electron chi connectivity index (χ2n) is 15.5. The normalized spacial score (nSPS) is 15.9. The highest BCUT2D eigenvalue weighted by Gasteiger charge is 2.34. The van der Waals surface area contributed by atoms with E-state index < -0.39 is 84.8 Å². The van der Waals surface area contributed by atoms with Crippen molar-refractivity contribution in [1.29, 1.82) is 0 Å². The average molecular weight is 857 g/mol. The van der Waals surface area contributed by atoms with Crippen molar-refractivity contribution in [3.8, 4) is 5.75 Å². The molecular weight excluding hydrogens is 805 g/mol. The fourth-order valence-electron chi connectivity index (χ4n) is 6.93. The largest absolute Gasteiger partial charge is 0.508 e. The number of nitrogens with zero attached hydrogens (tertiary/aromatic N) is 1. The number of aldehydes is 1. The smallest absolute Gasteiger partial charge is 0.245 e. The highest BCUT2D eigenvalue weighted by Crippen LogP contribution is 2.20. The molecule has 20 heteroatoms. The molecule has 0 bridgehead atoms. The maximum atomic E-state index is 14.2. The second-order valence-corrected chi connectivity index (χ2v) is 15.5. The highest BCUT2D eigenvalue weighted by atomic mass is 16.3. The summed E-state index contributed by atoms with van der Waals surface area (Å²) in [4.78, 5) is 115. The van der Waals surface area contributed by atoms with Crippen molar-refractivity contribution in [3.05, 3.63) is 84.1 Å². The fraction of sp³-hybridized carbons (Fsp3) is 0.405. The van der Waals surface area contributed by atoms with E-state index >= 15 is 0 Å². The maximum absolute atomic E-state index is 14.2. The molecule has 6 atom stereocenters. The van der Waals surface area contributed by atoms with E-state index in [2.05, 4.69) is 52.2 Å². The Hall–Kier alpha value is -7.09. The SMILES string of the molecule is CC(C)C[C@@H](C=O)NC(=O)CNC(=O)[C@H](Cc1ccc(O)cc1)NC(=O)[C@H](CO)NC(=O)[C@H](Cc1c[nH]c2ccccc12)NC(=O)[C@H](Cc1cnc[nH]1)NC(=O)[C@@H]1CCC(=O)N1. The number of hydrogen-bond donors (Lipinski definition) is 11. The minimum atomic E-state index is -1.65. The van der Waals surface area contributed by atoms with E-state index in [1.165, 1.54) is 36.8 Å². The van der Waals surface area contributed by atoms with Gasteiger partial charge >= 0.3 is 0 Å². The van der Waals surface area contributed by atoms with Crippen LogP contribution in [-0.2, 0) is 57.6 Å². The third-order valence-electron chi connectivity index (χ3n) is 10.1. The van der Waals surface area contributed by atoms with Crippen LogP contribution in [0.25, 0.3) is 10.9 Å². The number of fused-ring (bicyclic) bond motifs is 1. The molecule has 1 fully saturated rings. The molecule has 1 aliphatic heterocycles. The number of nitrogens with one attached hydrogen (secondary N) is 9. The number of H-pyrrole nitrogens is 2. The maximum Gasteiger partial charge on any atom is 0.245 e. The monoisotopic (exact) mass is 856 g/mol. The number of carbonyl (C=O) groups is 8. The van der Waals surface area contributed by atoms with Crippen LogP contribution in [-0.4, -0.2) is 122 Å². The Morgan fingerprint density at radius 1 is 0.823 bits per heavy atom. The van der Waals surface area contributed by atoms with Crippen LogP contribution in [0.1, 0.15) is 49.9 Å². The standard InChI is InChI=1S/C42H52N10O10/c1-23(2)13-27(20-53)47-37(57)19-45-38(58)32(14-24-7-9-28(55)10-8-24)49-42(62)35(21-54)52-40(60)33(15-25-17-44-30-6-4-3-5-29(25)30)50-41(61)34(16-26-18-43-22-46-26)51-39(59)31-11-12-36(56)48-31/h3-10,17-18,20,22-23,27,31-35,44,54-55H,11-16,19,21H2,1-2H3,(H,43,46)(H,45,58)(H,47,57)(H,48,56)(H,49,62)(H,50,61)(H,51,59)(H,52,60)/t27-,31-,32-,33-,34-,35-/m0/s1. The molecule has 2 aromatic heterocycles. The summed E-state index contributed by atoms with van der Waals surface area (Å²) in [5, 5.41) is 38.9. The van der Waals surface area contributed by atoms with Crippen molar-refractivity contribution in [2.24, 2.45) is 5.92 Å². The van der Waals surface area contributed by atoms with Gasteiger partial charge in [-0.2, -0.15) is 0 Å². The number of phenolic OH excluding ortho intramolecular Hbond substituents is 1. The van der Waals surface area contributed by atoms with E-state index in [0.29, 0.717) is 29.5 Å². The van der Waals surface area contributed by atoms with Gasteiger partial charge in [-0.15, -0.1) is 0 Å². The lowest BCUT2D eigenvalue weighted by atomic mass is 10.0. The second kappa shape index (κ2) is 22.0. The number of para-hydroxylation sites is 1. The number of aliphatic hydroxyl groups is 1. The van der Waals surface area contributed by atoms with E-state index in [4.69, 9.17) is 0 Å². The molecule has 7 amide bonds. The van der Waals surface area contributed by atoms with Gasteiger partial charge in [-0.1, -0.05) is 44.2 Å². The van der Waals surface area contributed by atoms with Crippen LogP contribution in [0, 0.1) is 5.92 Å². The van der Waals surface area contributed by atoms with Gasteiger partial charge in [0.1, 0.15) is 42.2 Å². The van der Waals surface area contributed by atoms with E-state index in [-0.39, 0.29) is 49.7 Å². The van der Waals surface area contributed by atoms with Crippen LogP contribution < -0.4 is 37.2 Å². The molecule has 5 rings (SSSR count). The molecule has 2 aromatic carbocycles. The van der Waals surface area contributed by atoms with Crippen molar-refractivity contribution in [2.45, 2.75) is 88.6 Å². The van der Waals surface area contributed by atoms with Crippen molar-refractivity contribution in [1.82, 2.24) is 52.2 Å². The van der Waals surface area contributed by atoms with E-state index in [9.17, 15) is 48.6 Å². The number of carbonyl (C=O) groups excluding carboxylic acids is 8. The zero-order chi connectivity index (χ0) is 44.8. The number of amides is 7. The van der Waals surface area contributed by atoms with Gasteiger partial charge in [0, 0.05) is 54.7 Å². The molecule has 20 nitrogen and oxygen atoms in total. The number of aliphatic hydroxyl groups excluding tert-OH is 1. The van der Waals surface area contributed by atoms with Crippen molar-refractivity contribution in [2.75, 3.05) is 13.2 Å². The molecule has 0 spiro atoms. The van der Waals surface area contributed by atoms with E-state index in [1.54, 1.807) is 12.3 Å². The van der Waals surface area contributed by atoms with Crippen molar-refractivity contribution in [3.63, 3.8) is 0 Å². The predicted octanol–water partition coefficient (Wildman–Crippen LogP) is -1.32. The molecule has 0 aliphatic carbocycles. The number of imidazole rings is 1. The lowest BCUT2D eigenvalue weighted by Crippen LogP contribution is -2.60. The van der Waals surface area contributed by atoms with Crippen molar-refractivity contribution >= 4 is 58.5 Å². The summed E-state index contributed by atoms with van der Waals surface area (Å²) >= 11 is 0. The molecule has 0 saturated carbocycles. The number of hydrogen-bond acceptors (Lipinski definition) is 11. The number of benzene rings is 2. The van der Waals surface area contributed by atoms with Gasteiger partial charge in [0.05, 0.1) is 25.5 Å². The zero-order valence-corrected chi connectivity index (χ0v) is 34.2. The number of aromatic hydroxyl groups is 1. The van der Waals surface area contributed by atoms with Crippen molar-refractivity contribution < 1.29 is 48.6 Å². The lowest BCUT2D eigenvalue weighted by Gasteiger charge is -2.26. The molecule has 11 N–H and O–H groups in total. The summed E-state index contributed by atoms with van der Waals surface area (Å²) in [6.45, 7) is 2.29. The summed E-state index contributed by atoms with van der Waals surface area (Å²) in [7, 11) is 0. The Kier molecular flexibility index (Phi) is 16.3. The first kappa shape index (κ1) is 46.0. The third-order valence-corrected chi connectivity index (χ3v) is 10.1. The minimum absolute atomic E-state index is 0.0451. The summed E-state index contributed by atoms with van der Waals surface area (Å²) in [6.07, 6.45) is 5.56. The Morgan fingerprint density at radius 3 is 2.11 bits per heavy atom. The molecule has 1 saturated heterocycles. The number of aromatic nitrogens is 3. The van der Waals surface area contributed by atoms with Crippen LogP contribution in [0.2, 0.25) is 0 Å². The van der Waals surface area contributed by atoms with Gasteiger partial charge in [-0.25, -0.2) is 4.98 Å². The summed E-state index contributed by atoms with van der Waals surface area (Å²) in [6, 6.07) is 5.74. The van der Waals surface area contributed by atoms with Gasteiger partial charge in [-0.3, -0.25) is 33.6 Å². The Balaban J connectivity index is 1.34. The molecule has 1 aliphatic rings. The first-order chi connectivity index (χ1) is 29.7. The lowest BCUT2D eigenvalue weighted by molar-refractivity contribution is -0.135. The molecule has 4 aromatic rings. The summed E-state index contributed by atoms with van der Waals surface area (Å²) in [5.74, 6) is -4.95. The van der Waals surface area contributed by atoms with Crippen LogP contribution in [0.15, 0.2) is 67.3 Å². The molecule has 0 unspecified atom stereocenters. The average Bonchev–Trinajstić information content (AvgIpc) is 4.03. The minimum Gasteiger partial charge on any atom is -0.508 e. The summed E-state index contributed by atoms with van der Waals surface area (Å²) < 4.78 is 0. The number of aromatic amines is 2. The highest BCUT2D eigenvalue weighted by molar-refractivity contribution is 5.98. The third kappa shape index (κ3) is 13.2. The number of rotatable bonds is 22. The van der Waals surface area contributed by atoms with Gasteiger partial charge in [-0.05, 0) is 48.1 Å². The summed E-state index contributed by atoms with van der Waals surface area (Å²) in [5.41, 5.74) is 2.35. The topological polar surface area (TPSA) is 306 Å². The Labute approximate surface area is 356 Å².